The predicted octanol–water partition coefficient (Wildman–Crippen LogP) is 3.69. The highest BCUT2D eigenvalue weighted by Gasteiger charge is 2.32. The second-order valence-electron chi connectivity index (χ2n) is 4.63. The number of sulfonamides is 1. The van der Waals surface area contributed by atoms with Crippen molar-refractivity contribution in [2.24, 2.45) is 0 Å². The third kappa shape index (κ3) is 4.74. The van der Waals surface area contributed by atoms with Crippen molar-refractivity contribution in [2.45, 2.75) is 11.1 Å². The maximum Gasteiger partial charge on any atom is 0.417 e. The molecule has 0 aliphatic heterocycles. The molecule has 24 heavy (non-hydrogen) atoms. The van der Waals surface area contributed by atoms with Gasteiger partial charge in [-0.2, -0.15) is 17.9 Å². The molecule has 0 bridgehead atoms. The summed E-state index contributed by atoms with van der Waals surface area (Å²) in [6.07, 6.45) is -4.52. The van der Waals surface area contributed by atoms with Crippen LogP contribution in [0.3, 0.4) is 0 Å². The maximum atomic E-state index is 12.8. The Kier molecular flexibility index (Phi) is 5.54. The summed E-state index contributed by atoms with van der Waals surface area (Å²) >= 11 is 5.73. The minimum absolute atomic E-state index is 0.0486. The lowest BCUT2D eigenvalue weighted by Gasteiger charge is -2.08. The molecule has 0 heterocycles. The van der Waals surface area contributed by atoms with Crippen molar-refractivity contribution in [3.05, 3.63) is 64.7 Å². The van der Waals surface area contributed by atoms with Crippen LogP contribution in [0.25, 0.3) is 0 Å². The average Bonchev–Trinajstić information content (AvgIpc) is 2.51. The smallest absolute Gasteiger partial charge is 0.207 e. The van der Waals surface area contributed by atoms with E-state index in [1.807, 2.05) is 0 Å². The molecule has 0 aromatic heterocycles. The predicted molar refractivity (Wildman–Crippen MR) is 85.0 cm³/mol. The van der Waals surface area contributed by atoms with Crippen molar-refractivity contribution in [3.63, 3.8) is 0 Å². The van der Waals surface area contributed by atoms with Crippen molar-refractivity contribution in [1.82, 2.24) is 4.72 Å². The van der Waals surface area contributed by atoms with Crippen LogP contribution in [0.1, 0.15) is 11.1 Å². The molecule has 0 unspecified atom stereocenters. The zero-order valence-electron chi connectivity index (χ0n) is 12.1. The molecule has 0 radical (unpaired) electrons. The number of rotatable bonds is 3. The highest BCUT2D eigenvalue weighted by Crippen LogP contribution is 2.31. The lowest BCUT2D eigenvalue weighted by molar-refractivity contribution is -0.137. The van der Waals surface area contributed by atoms with Gasteiger partial charge in [-0.3, -0.25) is 0 Å². The van der Waals surface area contributed by atoms with Crippen LogP contribution in [0.4, 0.5) is 13.2 Å². The van der Waals surface area contributed by atoms with Gasteiger partial charge in [-0.1, -0.05) is 41.6 Å². The van der Waals surface area contributed by atoms with E-state index < -0.39 is 21.8 Å². The van der Waals surface area contributed by atoms with Gasteiger partial charge in [0.15, 0.2) is 0 Å². The van der Waals surface area contributed by atoms with Crippen LogP contribution >= 0.6 is 11.6 Å². The first-order chi connectivity index (χ1) is 11.2. The molecule has 2 rings (SSSR count). The van der Waals surface area contributed by atoms with Crippen LogP contribution in [0.2, 0.25) is 5.02 Å². The molecule has 0 saturated heterocycles. The molecule has 0 aliphatic carbocycles. The third-order valence-corrected chi connectivity index (χ3v) is 4.55. The van der Waals surface area contributed by atoms with E-state index in [9.17, 15) is 21.6 Å². The summed E-state index contributed by atoms with van der Waals surface area (Å²) < 4.78 is 64.6. The number of benzene rings is 2. The van der Waals surface area contributed by atoms with E-state index in [0.717, 1.165) is 6.07 Å². The molecule has 8 heteroatoms. The third-order valence-electron chi connectivity index (χ3n) is 2.91. The van der Waals surface area contributed by atoms with Gasteiger partial charge < -0.3 is 0 Å². The van der Waals surface area contributed by atoms with E-state index in [1.165, 1.54) is 42.5 Å². The zero-order valence-corrected chi connectivity index (χ0v) is 13.6. The van der Waals surface area contributed by atoms with Gasteiger partial charge in [0.25, 0.3) is 0 Å². The first-order valence-corrected chi connectivity index (χ1v) is 8.46. The summed E-state index contributed by atoms with van der Waals surface area (Å²) in [5, 5.41) is 0.253. The minimum atomic E-state index is -4.52. The number of hydrogen-bond acceptors (Lipinski definition) is 2. The molecule has 0 spiro atoms. The minimum Gasteiger partial charge on any atom is -0.207 e. The second-order valence-corrected chi connectivity index (χ2v) is 6.83. The summed E-state index contributed by atoms with van der Waals surface area (Å²) in [4.78, 5) is -0.0486. The molecule has 1 N–H and O–H groups in total. The molecule has 0 aliphatic rings. The van der Waals surface area contributed by atoms with Crippen molar-refractivity contribution in [1.29, 1.82) is 0 Å². The van der Waals surface area contributed by atoms with E-state index in [4.69, 9.17) is 11.6 Å². The number of nitrogens with one attached hydrogen (secondary N) is 1. The van der Waals surface area contributed by atoms with Gasteiger partial charge in [0.1, 0.15) is 0 Å². The Balaban J connectivity index is 2.13. The molecular weight excluding hydrogens is 363 g/mol. The molecule has 0 fully saturated rings. The molecule has 2 aromatic rings. The highest BCUT2D eigenvalue weighted by atomic mass is 35.5. The van der Waals surface area contributed by atoms with Crippen LogP contribution in [-0.4, -0.2) is 15.0 Å². The van der Waals surface area contributed by atoms with E-state index in [2.05, 4.69) is 16.6 Å². The first-order valence-electron chi connectivity index (χ1n) is 6.60. The van der Waals surface area contributed by atoms with E-state index in [0.29, 0.717) is 0 Å². The SMILES string of the molecule is O=S(=O)(NCC#Cc1ccccc1C(F)(F)F)c1cccc(Cl)c1. The van der Waals surface area contributed by atoms with E-state index >= 15 is 0 Å². The van der Waals surface area contributed by atoms with Crippen LogP contribution in [0.15, 0.2) is 53.4 Å². The van der Waals surface area contributed by atoms with Crippen LogP contribution in [0, 0.1) is 11.8 Å². The second kappa shape index (κ2) is 7.26. The Morgan fingerprint density at radius 1 is 1.08 bits per heavy atom. The fourth-order valence-electron chi connectivity index (χ4n) is 1.83. The molecular formula is C16H11ClF3NO2S. The van der Waals surface area contributed by atoms with Gasteiger partial charge in [0.2, 0.25) is 10.0 Å². The standard InChI is InChI=1S/C16H11ClF3NO2S/c17-13-7-3-8-14(11-13)24(22,23)21-10-4-6-12-5-1-2-9-15(12)16(18,19)20/h1-3,5,7-9,11,21H,10H2. The van der Waals surface area contributed by atoms with Gasteiger partial charge in [0, 0.05) is 10.6 Å². The lowest BCUT2D eigenvalue weighted by Crippen LogP contribution is -2.24. The van der Waals surface area contributed by atoms with Gasteiger partial charge in [-0.15, -0.1) is 0 Å². The first kappa shape index (κ1) is 18.3. The summed E-state index contributed by atoms with van der Waals surface area (Å²) in [5.41, 5.74) is -1.08. The van der Waals surface area contributed by atoms with Crippen LogP contribution in [0.5, 0.6) is 0 Å². The van der Waals surface area contributed by atoms with Crippen molar-refractivity contribution in [2.75, 3.05) is 6.54 Å². The topological polar surface area (TPSA) is 46.2 Å². The van der Waals surface area contributed by atoms with Crippen LogP contribution < -0.4 is 4.72 Å². The maximum absolute atomic E-state index is 12.8. The fourth-order valence-corrected chi connectivity index (χ4v) is 3.05. The van der Waals surface area contributed by atoms with Crippen molar-refractivity contribution >= 4 is 21.6 Å². The Bertz CT molecular complexity index is 899. The zero-order chi connectivity index (χ0) is 17.8. The number of alkyl halides is 3. The summed E-state index contributed by atoms with van der Waals surface area (Å²) in [6.45, 7) is -0.332. The molecule has 0 amide bonds. The summed E-state index contributed by atoms with van der Waals surface area (Å²) in [7, 11) is -3.83. The number of hydrogen-bond donors (Lipinski definition) is 1. The number of halogens is 4. The van der Waals surface area contributed by atoms with Gasteiger partial charge in [-0.25, -0.2) is 8.42 Å². The highest BCUT2D eigenvalue weighted by molar-refractivity contribution is 7.89. The lowest BCUT2D eigenvalue weighted by atomic mass is 10.1. The summed E-state index contributed by atoms with van der Waals surface area (Å²) in [6, 6.07) is 10.4. The van der Waals surface area contributed by atoms with E-state index in [-0.39, 0.29) is 22.0 Å². The average molecular weight is 374 g/mol. The Morgan fingerprint density at radius 2 is 1.79 bits per heavy atom. The largest absolute Gasteiger partial charge is 0.417 e. The summed E-state index contributed by atoms with van der Waals surface area (Å²) in [5.74, 6) is 4.71. The Morgan fingerprint density at radius 3 is 2.46 bits per heavy atom. The van der Waals surface area contributed by atoms with Gasteiger partial charge >= 0.3 is 6.18 Å². The molecule has 0 saturated carbocycles. The van der Waals surface area contributed by atoms with Crippen molar-refractivity contribution in [3.8, 4) is 11.8 Å². The quantitative estimate of drug-likeness (QED) is 0.834. The van der Waals surface area contributed by atoms with E-state index in [1.54, 1.807) is 0 Å². The Hall–Kier alpha value is -2.01. The molecule has 126 valence electrons. The van der Waals surface area contributed by atoms with Crippen LogP contribution in [-0.2, 0) is 16.2 Å². The fraction of sp³-hybridized carbons (Fsp3) is 0.125. The molecule has 2 aromatic carbocycles. The monoisotopic (exact) mass is 373 g/mol. The normalized spacial score (nSPS) is 11.7. The van der Waals surface area contributed by atoms with Crippen molar-refractivity contribution < 1.29 is 21.6 Å². The molecule has 0 atom stereocenters. The van der Waals surface area contributed by atoms with Gasteiger partial charge in [-0.05, 0) is 30.3 Å². The van der Waals surface area contributed by atoms with Gasteiger partial charge in [0.05, 0.1) is 17.0 Å². The Labute approximate surface area is 142 Å². The molecule has 3 nitrogen and oxygen atoms in total.